The number of likely N-dealkylation sites (N-methyl/N-ethyl adjacent to an activating group) is 1. The third-order valence-electron chi connectivity index (χ3n) is 3.41. The molecule has 1 aromatic heterocycles. The molecule has 0 aliphatic heterocycles. The fourth-order valence-corrected chi connectivity index (χ4v) is 2.29. The first-order valence-electron chi connectivity index (χ1n) is 8.07. The van der Waals surface area contributed by atoms with E-state index >= 15 is 0 Å². The van der Waals surface area contributed by atoms with Crippen molar-refractivity contribution in [1.29, 1.82) is 0 Å². The molecule has 21 heavy (non-hydrogen) atoms. The van der Waals surface area contributed by atoms with Gasteiger partial charge < -0.3 is 15.1 Å². The summed E-state index contributed by atoms with van der Waals surface area (Å²) in [6.45, 7) is 11.9. The Kier molecular flexibility index (Phi) is 8.31. The van der Waals surface area contributed by atoms with Gasteiger partial charge in [-0.1, -0.05) is 20.8 Å². The van der Waals surface area contributed by atoms with Crippen molar-refractivity contribution in [2.45, 2.75) is 33.7 Å². The van der Waals surface area contributed by atoms with Crippen molar-refractivity contribution in [2.24, 2.45) is 5.92 Å². The van der Waals surface area contributed by atoms with Crippen molar-refractivity contribution in [2.75, 3.05) is 45.2 Å². The molecule has 120 valence electrons. The first kappa shape index (κ1) is 17.9. The van der Waals surface area contributed by atoms with Crippen LogP contribution in [-0.4, -0.2) is 50.2 Å². The molecule has 0 radical (unpaired) electrons. The van der Waals surface area contributed by atoms with Crippen LogP contribution in [0.25, 0.3) is 0 Å². The van der Waals surface area contributed by atoms with E-state index in [4.69, 9.17) is 0 Å². The summed E-state index contributed by atoms with van der Waals surface area (Å²) in [5, 5.41) is 3.54. The average Bonchev–Trinajstić information content (AvgIpc) is 2.43. The lowest BCUT2D eigenvalue weighted by Crippen LogP contribution is -2.33. The lowest BCUT2D eigenvalue weighted by molar-refractivity contribution is 0.412. The molecule has 0 aliphatic rings. The number of pyridine rings is 1. The summed E-state index contributed by atoms with van der Waals surface area (Å²) in [4.78, 5) is 9.03. The quantitative estimate of drug-likeness (QED) is 0.718. The van der Waals surface area contributed by atoms with Crippen LogP contribution in [0.2, 0.25) is 0 Å². The lowest BCUT2D eigenvalue weighted by atomic mass is 10.1. The van der Waals surface area contributed by atoms with Crippen LogP contribution in [-0.2, 0) is 6.54 Å². The van der Waals surface area contributed by atoms with Crippen molar-refractivity contribution in [1.82, 2.24) is 15.2 Å². The van der Waals surface area contributed by atoms with E-state index in [-0.39, 0.29) is 0 Å². The Hall–Kier alpha value is -1.13. The van der Waals surface area contributed by atoms with E-state index in [1.807, 2.05) is 12.4 Å². The highest BCUT2D eigenvalue weighted by Gasteiger charge is 2.11. The van der Waals surface area contributed by atoms with Crippen LogP contribution in [0.4, 0.5) is 5.69 Å². The second kappa shape index (κ2) is 9.74. The SMILES string of the molecule is CCCN(CCN(C)C)c1cnccc1CNCC(C)C. The topological polar surface area (TPSA) is 31.4 Å². The molecule has 0 amide bonds. The van der Waals surface area contributed by atoms with Crippen molar-refractivity contribution >= 4 is 5.69 Å². The van der Waals surface area contributed by atoms with Gasteiger partial charge in [0, 0.05) is 32.4 Å². The largest absolute Gasteiger partial charge is 0.369 e. The number of hydrogen-bond donors (Lipinski definition) is 1. The van der Waals surface area contributed by atoms with Crippen molar-refractivity contribution < 1.29 is 0 Å². The maximum atomic E-state index is 4.34. The molecule has 0 saturated carbocycles. The number of hydrogen-bond acceptors (Lipinski definition) is 4. The molecule has 0 atom stereocenters. The van der Waals surface area contributed by atoms with E-state index in [0.29, 0.717) is 5.92 Å². The molecule has 0 spiro atoms. The first-order chi connectivity index (χ1) is 10.0. The van der Waals surface area contributed by atoms with Crippen LogP contribution in [0, 0.1) is 5.92 Å². The standard InChI is InChI=1S/C17H32N4/c1-6-9-21(11-10-20(4)5)17-14-18-8-7-16(17)13-19-12-15(2)3/h7-8,14-15,19H,6,9-13H2,1-5H3. The molecule has 0 saturated heterocycles. The van der Waals surface area contributed by atoms with Gasteiger partial charge in [-0.2, -0.15) is 0 Å². The van der Waals surface area contributed by atoms with Gasteiger partial charge in [0.25, 0.3) is 0 Å². The maximum Gasteiger partial charge on any atom is 0.0598 e. The summed E-state index contributed by atoms with van der Waals surface area (Å²) < 4.78 is 0. The molecule has 1 N–H and O–H groups in total. The van der Waals surface area contributed by atoms with Crippen LogP contribution in [0.3, 0.4) is 0 Å². The van der Waals surface area contributed by atoms with E-state index in [1.54, 1.807) is 0 Å². The van der Waals surface area contributed by atoms with Gasteiger partial charge >= 0.3 is 0 Å². The van der Waals surface area contributed by atoms with Crippen LogP contribution >= 0.6 is 0 Å². The fourth-order valence-electron chi connectivity index (χ4n) is 2.29. The highest BCUT2D eigenvalue weighted by atomic mass is 15.2. The number of rotatable bonds is 10. The van der Waals surface area contributed by atoms with Crippen LogP contribution in [0.15, 0.2) is 18.5 Å². The van der Waals surface area contributed by atoms with Gasteiger partial charge in [0.2, 0.25) is 0 Å². The molecule has 0 aliphatic carbocycles. The number of anilines is 1. The van der Waals surface area contributed by atoms with Gasteiger partial charge in [-0.15, -0.1) is 0 Å². The summed E-state index contributed by atoms with van der Waals surface area (Å²) >= 11 is 0. The number of nitrogens with zero attached hydrogens (tertiary/aromatic N) is 3. The third-order valence-corrected chi connectivity index (χ3v) is 3.41. The normalized spacial score (nSPS) is 11.4. The predicted octanol–water partition coefficient (Wildman–Crippen LogP) is 2.61. The predicted molar refractivity (Wildman–Crippen MR) is 91.8 cm³/mol. The summed E-state index contributed by atoms with van der Waals surface area (Å²) in [5.74, 6) is 0.677. The van der Waals surface area contributed by atoms with Gasteiger partial charge in [0.05, 0.1) is 11.9 Å². The second-order valence-electron chi connectivity index (χ2n) is 6.32. The Morgan fingerprint density at radius 1 is 1.19 bits per heavy atom. The molecule has 0 bridgehead atoms. The van der Waals surface area contributed by atoms with E-state index in [1.165, 1.54) is 11.3 Å². The Morgan fingerprint density at radius 2 is 1.95 bits per heavy atom. The Balaban J connectivity index is 2.76. The van der Waals surface area contributed by atoms with Gasteiger partial charge in [0.15, 0.2) is 0 Å². The van der Waals surface area contributed by atoms with Crippen molar-refractivity contribution in [3.63, 3.8) is 0 Å². The molecular formula is C17H32N4. The number of aromatic nitrogens is 1. The molecule has 0 aromatic carbocycles. The summed E-state index contributed by atoms with van der Waals surface area (Å²) in [5.41, 5.74) is 2.62. The molecule has 0 fully saturated rings. The van der Waals surface area contributed by atoms with Crippen molar-refractivity contribution in [3.8, 4) is 0 Å². The Labute approximate surface area is 130 Å². The summed E-state index contributed by atoms with van der Waals surface area (Å²) in [7, 11) is 4.25. The second-order valence-corrected chi connectivity index (χ2v) is 6.32. The highest BCUT2D eigenvalue weighted by molar-refractivity contribution is 5.51. The van der Waals surface area contributed by atoms with Gasteiger partial charge in [-0.3, -0.25) is 4.98 Å². The van der Waals surface area contributed by atoms with Crippen LogP contribution in [0.5, 0.6) is 0 Å². The minimum atomic E-state index is 0.677. The highest BCUT2D eigenvalue weighted by Crippen LogP contribution is 2.19. The average molecular weight is 292 g/mol. The smallest absolute Gasteiger partial charge is 0.0598 e. The van der Waals surface area contributed by atoms with Gasteiger partial charge in [0.1, 0.15) is 0 Å². The molecule has 4 heteroatoms. The zero-order chi connectivity index (χ0) is 15.7. The van der Waals surface area contributed by atoms with Crippen molar-refractivity contribution in [3.05, 3.63) is 24.0 Å². The Morgan fingerprint density at radius 3 is 2.57 bits per heavy atom. The zero-order valence-electron chi connectivity index (χ0n) is 14.4. The molecule has 1 rings (SSSR count). The minimum absolute atomic E-state index is 0.677. The van der Waals surface area contributed by atoms with Crippen LogP contribution in [0.1, 0.15) is 32.8 Å². The molecular weight excluding hydrogens is 260 g/mol. The first-order valence-corrected chi connectivity index (χ1v) is 8.07. The third kappa shape index (κ3) is 6.91. The van der Waals surface area contributed by atoms with Gasteiger partial charge in [-0.05, 0) is 44.6 Å². The molecule has 0 unspecified atom stereocenters. The zero-order valence-corrected chi connectivity index (χ0v) is 14.4. The molecule has 1 aromatic rings. The summed E-state index contributed by atoms with van der Waals surface area (Å²) in [6, 6.07) is 2.14. The minimum Gasteiger partial charge on any atom is -0.369 e. The van der Waals surface area contributed by atoms with Gasteiger partial charge in [-0.25, -0.2) is 0 Å². The van der Waals surface area contributed by atoms with E-state index in [9.17, 15) is 0 Å². The molecule has 4 nitrogen and oxygen atoms in total. The van der Waals surface area contributed by atoms with Crippen LogP contribution < -0.4 is 10.2 Å². The monoisotopic (exact) mass is 292 g/mol. The molecule has 1 heterocycles. The van der Waals surface area contributed by atoms with E-state index in [0.717, 1.165) is 39.1 Å². The number of nitrogens with one attached hydrogen (secondary N) is 1. The van der Waals surface area contributed by atoms with E-state index in [2.05, 4.69) is 61.0 Å². The van der Waals surface area contributed by atoms with E-state index < -0.39 is 0 Å². The lowest BCUT2D eigenvalue weighted by Gasteiger charge is -2.28. The fraction of sp³-hybridized carbons (Fsp3) is 0.706. The Bertz CT molecular complexity index is 390. The summed E-state index contributed by atoms with van der Waals surface area (Å²) in [6.07, 6.45) is 5.06. The maximum absolute atomic E-state index is 4.34.